The number of rotatable bonds is 1. The van der Waals surface area contributed by atoms with Gasteiger partial charge in [0, 0.05) is 11.0 Å². The molecular weight excluding hydrogens is 150 g/mol. The van der Waals surface area contributed by atoms with Crippen LogP contribution in [0.2, 0.25) is 0 Å². The maximum atomic E-state index is 9.92. The zero-order valence-corrected chi connectivity index (χ0v) is 5.88. The summed E-state index contributed by atoms with van der Waals surface area (Å²) in [5, 5.41) is 11.5. The molecule has 0 amide bonds. The molecular formula is C6H5NO2S. The molecule has 1 aromatic rings. The van der Waals surface area contributed by atoms with Crippen LogP contribution in [0.15, 0.2) is 28.3 Å². The Morgan fingerprint density at radius 3 is 2.60 bits per heavy atom. The molecule has 0 fully saturated rings. The number of phenolic OH excluding ortho intramolecular Hbond substituents is 1. The topological polar surface area (TPSA) is 49.7 Å². The normalized spacial score (nSPS) is 9.30. The monoisotopic (exact) mass is 155 g/mol. The Hall–Kier alpha value is -1.03. The van der Waals surface area contributed by atoms with Gasteiger partial charge in [-0.2, -0.15) is 0 Å². The minimum Gasteiger partial charge on any atom is -0.508 e. The van der Waals surface area contributed by atoms with Gasteiger partial charge in [0.05, 0.1) is 0 Å². The molecule has 0 spiro atoms. The average molecular weight is 155 g/mol. The van der Waals surface area contributed by atoms with E-state index in [-0.39, 0.29) is 11.4 Å². The van der Waals surface area contributed by atoms with Gasteiger partial charge in [-0.25, -0.2) is 0 Å². The van der Waals surface area contributed by atoms with Crippen LogP contribution in [-0.4, -0.2) is 5.11 Å². The van der Waals surface area contributed by atoms with E-state index >= 15 is 0 Å². The van der Waals surface area contributed by atoms with Crippen LogP contribution in [-0.2, 0) is 0 Å². The molecule has 0 radical (unpaired) electrons. The summed E-state index contributed by atoms with van der Waals surface area (Å²) in [5.41, 5.74) is 0.185. The summed E-state index contributed by atoms with van der Waals surface area (Å²) in [5.74, 6) is 0.00194. The first-order chi connectivity index (χ1) is 4.72. The van der Waals surface area contributed by atoms with Gasteiger partial charge in [-0.3, -0.25) is 0 Å². The molecule has 10 heavy (non-hydrogen) atoms. The Labute approximate surface area is 63.1 Å². The number of hydrogen-bond acceptors (Lipinski definition) is 4. The predicted molar refractivity (Wildman–Crippen MR) is 40.8 cm³/mol. The molecule has 0 aromatic heterocycles. The van der Waals surface area contributed by atoms with E-state index in [9.17, 15) is 4.91 Å². The number of thiol groups is 1. The van der Waals surface area contributed by atoms with Crippen LogP contribution in [0.25, 0.3) is 0 Å². The SMILES string of the molecule is O=Nc1cc(O)cc(S)c1. The van der Waals surface area contributed by atoms with Crippen LogP contribution < -0.4 is 0 Å². The summed E-state index contributed by atoms with van der Waals surface area (Å²) >= 11 is 3.92. The number of nitrogens with zero attached hydrogens (tertiary/aromatic N) is 1. The smallest absolute Gasteiger partial charge is 0.118 e. The highest BCUT2D eigenvalue weighted by Gasteiger charge is 1.95. The van der Waals surface area contributed by atoms with Crippen LogP contribution >= 0.6 is 12.6 Å². The van der Waals surface area contributed by atoms with Crippen molar-refractivity contribution in [3.05, 3.63) is 23.1 Å². The van der Waals surface area contributed by atoms with Crippen molar-refractivity contribution in [2.45, 2.75) is 4.90 Å². The molecule has 0 aliphatic heterocycles. The van der Waals surface area contributed by atoms with Crippen molar-refractivity contribution in [1.29, 1.82) is 0 Å². The van der Waals surface area contributed by atoms with Crippen LogP contribution in [0, 0.1) is 4.91 Å². The van der Waals surface area contributed by atoms with Gasteiger partial charge in [0.2, 0.25) is 0 Å². The highest BCUT2D eigenvalue weighted by Crippen LogP contribution is 2.23. The first kappa shape index (κ1) is 7.08. The molecule has 0 bridgehead atoms. The Morgan fingerprint density at radius 1 is 1.40 bits per heavy atom. The average Bonchev–Trinajstić information content (AvgIpc) is 1.85. The molecule has 0 aliphatic rings. The van der Waals surface area contributed by atoms with E-state index in [2.05, 4.69) is 17.8 Å². The maximum Gasteiger partial charge on any atom is 0.118 e. The summed E-state index contributed by atoms with van der Waals surface area (Å²) < 4.78 is 0. The second-order valence-electron chi connectivity index (χ2n) is 1.80. The van der Waals surface area contributed by atoms with Crippen LogP contribution in [0.4, 0.5) is 5.69 Å². The fourth-order valence-electron chi connectivity index (χ4n) is 0.632. The van der Waals surface area contributed by atoms with Crippen molar-refractivity contribution >= 4 is 18.3 Å². The van der Waals surface area contributed by atoms with E-state index in [0.717, 1.165) is 0 Å². The van der Waals surface area contributed by atoms with Gasteiger partial charge in [0.15, 0.2) is 0 Å². The number of hydrogen-bond donors (Lipinski definition) is 2. The second kappa shape index (κ2) is 2.70. The maximum absolute atomic E-state index is 9.92. The first-order valence-corrected chi connectivity index (χ1v) is 3.03. The molecule has 0 heterocycles. The van der Waals surface area contributed by atoms with E-state index < -0.39 is 0 Å². The largest absolute Gasteiger partial charge is 0.508 e. The van der Waals surface area contributed by atoms with E-state index in [1.165, 1.54) is 18.2 Å². The molecule has 52 valence electrons. The fraction of sp³-hybridized carbons (Fsp3) is 0. The Morgan fingerprint density at radius 2 is 2.10 bits per heavy atom. The van der Waals surface area contributed by atoms with Gasteiger partial charge in [0.1, 0.15) is 11.4 Å². The lowest BCUT2D eigenvalue weighted by atomic mass is 10.3. The molecule has 0 saturated carbocycles. The highest BCUT2D eigenvalue weighted by atomic mass is 32.1. The van der Waals surface area contributed by atoms with Gasteiger partial charge >= 0.3 is 0 Å². The van der Waals surface area contributed by atoms with E-state index in [1.807, 2.05) is 0 Å². The molecule has 3 nitrogen and oxygen atoms in total. The van der Waals surface area contributed by atoms with Crippen LogP contribution in [0.1, 0.15) is 0 Å². The number of benzene rings is 1. The van der Waals surface area contributed by atoms with Gasteiger partial charge in [-0.05, 0) is 17.3 Å². The molecule has 1 N–H and O–H groups in total. The molecule has 1 rings (SSSR count). The first-order valence-electron chi connectivity index (χ1n) is 2.59. The molecule has 4 heteroatoms. The Kier molecular flexibility index (Phi) is 1.91. The molecule has 0 aliphatic carbocycles. The van der Waals surface area contributed by atoms with E-state index in [4.69, 9.17) is 5.11 Å². The van der Waals surface area contributed by atoms with Crippen LogP contribution in [0.3, 0.4) is 0 Å². The van der Waals surface area contributed by atoms with Gasteiger partial charge in [0.25, 0.3) is 0 Å². The van der Waals surface area contributed by atoms with Crippen molar-refractivity contribution in [3.8, 4) is 5.75 Å². The fourth-order valence-corrected chi connectivity index (χ4v) is 0.897. The van der Waals surface area contributed by atoms with Gasteiger partial charge < -0.3 is 5.11 Å². The molecule has 0 unspecified atom stereocenters. The lowest BCUT2D eigenvalue weighted by molar-refractivity contribution is 0.474. The van der Waals surface area contributed by atoms with Gasteiger partial charge in [-0.15, -0.1) is 17.5 Å². The van der Waals surface area contributed by atoms with Crippen molar-refractivity contribution in [2.75, 3.05) is 0 Å². The summed E-state index contributed by atoms with van der Waals surface area (Å²) in [6, 6.07) is 4.17. The van der Waals surface area contributed by atoms with Gasteiger partial charge in [-0.1, -0.05) is 0 Å². The second-order valence-corrected chi connectivity index (χ2v) is 2.32. The summed E-state index contributed by atoms with van der Waals surface area (Å²) in [4.78, 5) is 10.4. The van der Waals surface area contributed by atoms with E-state index in [1.54, 1.807) is 0 Å². The number of phenols is 1. The molecule has 0 atom stereocenters. The minimum atomic E-state index is 0.00194. The summed E-state index contributed by atoms with van der Waals surface area (Å²) in [7, 11) is 0. The summed E-state index contributed by atoms with van der Waals surface area (Å²) in [6.45, 7) is 0. The Bertz CT molecular complexity index is 242. The third-order valence-electron chi connectivity index (χ3n) is 0.993. The Balaban J connectivity index is 3.18. The zero-order chi connectivity index (χ0) is 7.56. The van der Waals surface area contributed by atoms with Crippen molar-refractivity contribution in [2.24, 2.45) is 5.18 Å². The lowest BCUT2D eigenvalue weighted by Crippen LogP contribution is -1.66. The molecule has 1 aromatic carbocycles. The van der Waals surface area contributed by atoms with Crippen LogP contribution in [0.5, 0.6) is 5.75 Å². The molecule has 0 saturated heterocycles. The van der Waals surface area contributed by atoms with Crippen molar-refractivity contribution in [3.63, 3.8) is 0 Å². The van der Waals surface area contributed by atoms with E-state index in [0.29, 0.717) is 4.90 Å². The summed E-state index contributed by atoms with van der Waals surface area (Å²) in [6.07, 6.45) is 0. The standard InChI is InChI=1S/C6H5NO2S/c8-5-1-4(7-9)2-6(10)3-5/h1-3,8,10H. The third kappa shape index (κ3) is 1.48. The third-order valence-corrected chi connectivity index (χ3v) is 1.25. The highest BCUT2D eigenvalue weighted by molar-refractivity contribution is 7.80. The predicted octanol–water partition coefficient (Wildman–Crippen LogP) is 2.08. The number of nitroso groups, excluding NO2 is 1. The van der Waals surface area contributed by atoms with Crippen molar-refractivity contribution < 1.29 is 5.11 Å². The number of aromatic hydroxyl groups is 1. The minimum absolute atomic E-state index is 0.00194. The zero-order valence-electron chi connectivity index (χ0n) is 4.98. The van der Waals surface area contributed by atoms with Crippen molar-refractivity contribution in [1.82, 2.24) is 0 Å². The quantitative estimate of drug-likeness (QED) is 0.482. The lowest BCUT2D eigenvalue weighted by Gasteiger charge is -1.93.